The van der Waals surface area contributed by atoms with E-state index in [1.165, 1.54) is 7.11 Å². The van der Waals surface area contributed by atoms with Crippen molar-refractivity contribution in [3.8, 4) is 0 Å². The molecule has 2 rings (SSSR count). The molecule has 1 aliphatic carbocycles. The number of esters is 1. The molecule has 0 saturated carbocycles. The minimum atomic E-state index is -0.375. The minimum absolute atomic E-state index is 0.321. The van der Waals surface area contributed by atoms with Gasteiger partial charge in [0, 0.05) is 0 Å². The Morgan fingerprint density at radius 2 is 2.33 bits per heavy atom. The molecule has 0 bridgehead atoms. The maximum Gasteiger partial charge on any atom is 0.337 e. The van der Waals surface area contributed by atoms with Crippen LogP contribution in [0.5, 0.6) is 0 Å². The average Bonchev–Trinajstić information content (AvgIpc) is 2.28. The number of hydrogen-bond acceptors (Lipinski definition) is 3. The topological polar surface area (TPSA) is 46.5 Å². The first-order valence-corrected chi connectivity index (χ1v) is 5.11. The summed E-state index contributed by atoms with van der Waals surface area (Å²) in [6.45, 7) is 0. The van der Waals surface area contributed by atoms with Gasteiger partial charge in [0.1, 0.15) is 0 Å². The Balaban J connectivity index is 2.37. The molecule has 3 nitrogen and oxygen atoms in total. The molecule has 1 aliphatic rings. The summed E-state index contributed by atoms with van der Waals surface area (Å²) in [6.07, 6.45) is 2.33. The Labute approximate surface area is 88.7 Å². The Kier molecular flexibility index (Phi) is 2.73. The summed E-state index contributed by atoms with van der Waals surface area (Å²) < 4.78 is 4.65. The van der Waals surface area contributed by atoms with E-state index in [2.05, 4.69) is 4.74 Å². The average molecular weight is 206 g/mol. The van der Waals surface area contributed by atoms with E-state index in [-0.39, 0.29) is 12.1 Å². The standard InChI is InChI=1S/C12H14O3/c1-15-12(14)9-5-6-10-8(7-9)3-2-4-11(10)13/h5-7,11,13H,2-4H2,1H3. The van der Waals surface area contributed by atoms with Gasteiger partial charge in [-0.15, -0.1) is 0 Å². The van der Waals surface area contributed by atoms with Gasteiger partial charge >= 0.3 is 5.97 Å². The van der Waals surface area contributed by atoms with Gasteiger partial charge in [0.2, 0.25) is 0 Å². The third-order valence-electron chi connectivity index (χ3n) is 2.85. The molecule has 1 atom stereocenters. The second-order valence-electron chi connectivity index (χ2n) is 3.81. The van der Waals surface area contributed by atoms with Crippen molar-refractivity contribution in [1.82, 2.24) is 0 Å². The smallest absolute Gasteiger partial charge is 0.337 e. The number of carbonyl (C=O) groups is 1. The van der Waals surface area contributed by atoms with Crippen LogP contribution in [-0.4, -0.2) is 18.2 Å². The van der Waals surface area contributed by atoms with Crippen LogP contribution in [0.3, 0.4) is 0 Å². The normalized spacial score (nSPS) is 19.5. The number of ether oxygens (including phenoxy) is 1. The van der Waals surface area contributed by atoms with E-state index in [4.69, 9.17) is 0 Å². The Bertz CT molecular complexity index is 384. The number of fused-ring (bicyclic) bond motifs is 1. The monoisotopic (exact) mass is 206 g/mol. The number of methoxy groups -OCH3 is 1. The lowest BCUT2D eigenvalue weighted by molar-refractivity contribution is 0.0600. The van der Waals surface area contributed by atoms with Crippen molar-refractivity contribution in [2.75, 3.05) is 7.11 Å². The number of aryl methyl sites for hydroxylation is 1. The van der Waals surface area contributed by atoms with E-state index >= 15 is 0 Å². The van der Waals surface area contributed by atoms with E-state index in [9.17, 15) is 9.90 Å². The zero-order chi connectivity index (χ0) is 10.8. The Morgan fingerprint density at radius 1 is 1.53 bits per heavy atom. The maximum absolute atomic E-state index is 11.3. The fourth-order valence-electron chi connectivity index (χ4n) is 2.03. The maximum atomic E-state index is 11.3. The molecule has 0 saturated heterocycles. The largest absolute Gasteiger partial charge is 0.465 e. The van der Waals surface area contributed by atoms with Crippen LogP contribution < -0.4 is 0 Å². The third-order valence-corrected chi connectivity index (χ3v) is 2.85. The van der Waals surface area contributed by atoms with E-state index in [1.54, 1.807) is 6.07 Å². The van der Waals surface area contributed by atoms with Gasteiger partial charge < -0.3 is 9.84 Å². The summed E-state index contributed by atoms with van der Waals surface area (Å²) in [4.78, 5) is 11.3. The zero-order valence-electron chi connectivity index (χ0n) is 8.69. The molecule has 80 valence electrons. The molecule has 0 aliphatic heterocycles. The first-order valence-electron chi connectivity index (χ1n) is 5.11. The highest BCUT2D eigenvalue weighted by molar-refractivity contribution is 5.89. The van der Waals surface area contributed by atoms with Crippen molar-refractivity contribution in [2.45, 2.75) is 25.4 Å². The quantitative estimate of drug-likeness (QED) is 0.713. The molecule has 1 aromatic carbocycles. The molecule has 1 unspecified atom stereocenters. The van der Waals surface area contributed by atoms with Crippen LogP contribution in [-0.2, 0) is 11.2 Å². The van der Waals surface area contributed by atoms with Crippen LogP contribution >= 0.6 is 0 Å². The summed E-state index contributed by atoms with van der Waals surface area (Å²) in [5, 5.41) is 9.73. The summed E-state index contributed by atoms with van der Waals surface area (Å²) in [5.41, 5.74) is 2.58. The first-order chi connectivity index (χ1) is 7.22. The van der Waals surface area contributed by atoms with E-state index in [1.807, 2.05) is 12.1 Å². The van der Waals surface area contributed by atoms with Crippen LogP contribution in [0.25, 0.3) is 0 Å². The number of hydrogen-bond donors (Lipinski definition) is 1. The predicted molar refractivity (Wildman–Crippen MR) is 55.7 cm³/mol. The molecule has 3 heteroatoms. The van der Waals surface area contributed by atoms with Crippen molar-refractivity contribution < 1.29 is 14.6 Å². The van der Waals surface area contributed by atoms with E-state index < -0.39 is 0 Å². The van der Waals surface area contributed by atoms with Crippen molar-refractivity contribution in [2.24, 2.45) is 0 Å². The Morgan fingerprint density at radius 3 is 3.07 bits per heavy atom. The molecule has 0 heterocycles. The van der Waals surface area contributed by atoms with Gasteiger partial charge in [-0.1, -0.05) is 6.07 Å². The summed E-state index contributed by atoms with van der Waals surface area (Å²) in [7, 11) is 1.37. The summed E-state index contributed by atoms with van der Waals surface area (Å²) in [5.74, 6) is -0.321. The van der Waals surface area contributed by atoms with Gasteiger partial charge in [0.25, 0.3) is 0 Å². The van der Waals surface area contributed by atoms with Crippen LogP contribution in [0.15, 0.2) is 18.2 Å². The molecule has 0 fully saturated rings. The van der Waals surface area contributed by atoms with Crippen LogP contribution in [0.2, 0.25) is 0 Å². The first kappa shape index (κ1) is 10.2. The molecular formula is C12H14O3. The number of benzene rings is 1. The summed E-state index contributed by atoms with van der Waals surface area (Å²) in [6, 6.07) is 5.36. The molecule has 0 aromatic heterocycles. The molecular weight excluding hydrogens is 192 g/mol. The van der Waals surface area contributed by atoms with Gasteiger partial charge in [-0.25, -0.2) is 4.79 Å². The molecule has 1 N–H and O–H groups in total. The van der Waals surface area contributed by atoms with Crippen molar-refractivity contribution in [1.29, 1.82) is 0 Å². The van der Waals surface area contributed by atoms with Crippen LogP contribution in [0.4, 0.5) is 0 Å². The number of rotatable bonds is 1. The van der Waals surface area contributed by atoms with Gasteiger partial charge in [0.05, 0.1) is 18.8 Å². The number of carbonyl (C=O) groups excluding carboxylic acids is 1. The number of aliphatic hydroxyl groups is 1. The van der Waals surface area contributed by atoms with Crippen molar-refractivity contribution in [3.05, 3.63) is 34.9 Å². The lowest BCUT2D eigenvalue weighted by atomic mass is 9.88. The lowest BCUT2D eigenvalue weighted by Gasteiger charge is -2.21. The van der Waals surface area contributed by atoms with E-state index in [0.29, 0.717) is 5.56 Å². The molecule has 0 radical (unpaired) electrons. The van der Waals surface area contributed by atoms with Crippen molar-refractivity contribution >= 4 is 5.97 Å². The van der Waals surface area contributed by atoms with Gasteiger partial charge in [-0.05, 0) is 42.5 Å². The fraction of sp³-hybridized carbons (Fsp3) is 0.417. The second kappa shape index (κ2) is 4.03. The van der Waals surface area contributed by atoms with Crippen LogP contribution in [0, 0.1) is 0 Å². The van der Waals surface area contributed by atoms with Gasteiger partial charge in [-0.3, -0.25) is 0 Å². The number of aliphatic hydroxyl groups excluding tert-OH is 1. The fourth-order valence-corrected chi connectivity index (χ4v) is 2.03. The highest BCUT2D eigenvalue weighted by atomic mass is 16.5. The lowest BCUT2D eigenvalue weighted by Crippen LogP contribution is -2.11. The minimum Gasteiger partial charge on any atom is -0.465 e. The highest BCUT2D eigenvalue weighted by Gasteiger charge is 2.19. The molecule has 0 amide bonds. The SMILES string of the molecule is COC(=O)c1ccc2c(c1)CCCC2O. The summed E-state index contributed by atoms with van der Waals surface area (Å²) >= 11 is 0. The molecule has 15 heavy (non-hydrogen) atoms. The van der Waals surface area contributed by atoms with Gasteiger partial charge in [0.15, 0.2) is 0 Å². The highest BCUT2D eigenvalue weighted by Crippen LogP contribution is 2.30. The van der Waals surface area contributed by atoms with Gasteiger partial charge in [-0.2, -0.15) is 0 Å². The van der Waals surface area contributed by atoms with Crippen molar-refractivity contribution in [3.63, 3.8) is 0 Å². The zero-order valence-corrected chi connectivity index (χ0v) is 8.69. The second-order valence-corrected chi connectivity index (χ2v) is 3.81. The Hall–Kier alpha value is -1.35. The van der Waals surface area contributed by atoms with Crippen LogP contribution in [0.1, 0.15) is 40.4 Å². The predicted octanol–water partition coefficient (Wildman–Crippen LogP) is 1.84. The third kappa shape index (κ3) is 1.88. The molecule has 1 aromatic rings. The van der Waals surface area contributed by atoms with E-state index in [0.717, 1.165) is 30.4 Å². The molecule has 0 spiro atoms.